The van der Waals surface area contributed by atoms with Crippen LogP contribution < -0.4 is 0 Å². The minimum atomic E-state index is -0.446. The molecule has 4 nitrogen and oxygen atoms in total. The molecule has 1 fully saturated rings. The predicted molar refractivity (Wildman–Crippen MR) is 91.0 cm³/mol. The summed E-state index contributed by atoms with van der Waals surface area (Å²) in [5.74, 6) is 0. The van der Waals surface area contributed by atoms with Crippen molar-refractivity contribution in [2.75, 3.05) is 13.1 Å². The van der Waals surface area contributed by atoms with Crippen LogP contribution in [0.5, 0.6) is 0 Å². The summed E-state index contributed by atoms with van der Waals surface area (Å²) in [6.45, 7) is 7.09. The molecule has 5 heteroatoms. The second kappa shape index (κ2) is 5.37. The molecule has 0 radical (unpaired) electrons. The topological polar surface area (TPSA) is 41.9 Å². The van der Waals surface area contributed by atoms with E-state index in [-0.39, 0.29) is 11.5 Å². The fourth-order valence-corrected chi connectivity index (χ4v) is 3.46. The highest BCUT2D eigenvalue weighted by Crippen LogP contribution is 2.44. The number of hydrogen-bond donors (Lipinski definition) is 0. The molecule has 2 heterocycles. The molecule has 0 aliphatic carbocycles. The molecule has 0 saturated carbocycles. The fraction of sp³-hybridized carbons (Fsp3) is 0.529. The molecular formula is C17H21BrN2O2. The number of carbonyl (C=O) groups is 1. The Labute approximate surface area is 139 Å². The molecule has 1 aromatic rings. The zero-order chi connectivity index (χ0) is 16.0. The predicted octanol–water partition coefficient (Wildman–Crippen LogP) is 4.43. The highest BCUT2D eigenvalue weighted by Gasteiger charge is 2.41. The number of likely N-dealkylation sites (tertiary alicyclic amines) is 1. The molecule has 0 atom stereocenters. The summed E-state index contributed by atoms with van der Waals surface area (Å²) in [4.78, 5) is 18.6. The highest BCUT2D eigenvalue weighted by molar-refractivity contribution is 9.10. The lowest BCUT2D eigenvalue weighted by Crippen LogP contribution is -2.46. The fourth-order valence-electron chi connectivity index (χ4n) is 3.10. The maximum atomic E-state index is 12.2. The first-order valence-electron chi connectivity index (χ1n) is 7.62. The van der Waals surface area contributed by atoms with Gasteiger partial charge in [-0.15, -0.1) is 0 Å². The van der Waals surface area contributed by atoms with E-state index >= 15 is 0 Å². The van der Waals surface area contributed by atoms with E-state index in [1.807, 2.05) is 32.9 Å². The van der Waals surface area contributed by atoms with Gasteiger partial charge in [0.1, 0.15) is 5.60 Å². The number of ether oxygens (including phenoxy) is 1. The molecule has 2 aliphatic rings. The molecule has 0 N–H and O–H groups in total. The zero-order valence-corrected chi connectivity index (χ0v) is 14.8. The van der Waals surface area contributed by atoms with Gasteiger partial charge >= 0.3 is 6.09 Å². The van der Waals surface area contributed by atoms with Gasteiger partial charge in [-0.2, -0.15) is 0 Å². The second-order valence-corrected chi connectivity index (χ2v) is 7.96. The van der Waals surface area contributed by atoms with Crippen LogP contribution in [0.15, 0.2) is 27.7 Å². The van der Waals surface area contributed by atoms with Crippen LogP contribution in [0.25, 0.3) is 0 Å². The van der Waals surface area contributed by atoms with Gasteiger partial charge in [0.15, 0.2) is 0 Å². The van der Waals surface area contributed by atoms with Gasteiger partial charge in [0.05, 0.1) is 5.69 Å². The summed E-state index contributed by atoms with van der Waals surface area (Å²) in [5.41, 5.74) is 1.84. The molecule has 22 heavy (non-hydrogen) atoms. The monoisotopic (exact) mass is 364 g/mol. The van der Waals surface area contributed by atoms with E-state index in [1.54, 1.807) is 4.90 Å². The molecule has 118 valence electrons. The lowest BCUT2D eigenvalue weighted by Gasteiger charge is -2.38. The normalized spacial score (nSPS) is 19.4. The first kappa shape index (κ1) is 15.5. The first-order chi connectivity index (χ1) is 10.3. The average molecular weight is 365 g/mol. The van der Waals surface area contributed by atoms with Crippen molar-refractivity contribution < 1.29 is 9.53 Å². The third-order valence-electron chi connectivity index (χ3n) is 4.25. The van der Waals surface area contributed by atoms with Crippen molar-refractivity contribution in [2.45, 2.75) is 44.6 Å². The Morgan fingerprint density at radius 1 is 1.32 bits per heavy atom. The maximum Gasteiger partial charge on any atom is 0.410 e. The number of rotatable bonds is 0. The summed E-state index contributed by atoms with van der Waals surface area (Å²) in [7, 11) is 0. The van der Waals surface area contributed by atoms with E-state index in [2.05, 4.69) is 33.2 Å². The van der Waals surface area contributed by atoms with Crippen LogP contribution in [0.3, 0.4) is 0 Å². The highest BCUT2D eigenvalue weighted by atomic mass is 79.9. The van der Waals surface area contributed by atoms with Crippen molar-refractivity contribution in [2.24, 2.45) is 4.99 Å². The van der Waals surface area contributed by atoms with Crippen LogP contribution in [-0.2, 0) is 10.2 Å². The molecule has 1 spiro atoms. The number of nitrogens with zero attached hydrogens (tertiary/aromatic N) is 2. The van der Waals surface area contributed by atoms with Crippen molar-refractivity contribution in [1.29, 1.82) is 0 Å². The second-order valence-electron chi connectivity index (χ2n) is 7.04. The van der Waals surface area contributed by atoms with Crippen LogP contribution in [-0.4, -0.2) is 35.9 Å². The van der Waals surface area contributed by atoms with Crippen LogP contribution in [0, 0.1) is 0 Å². The standard InChI is InChI=1S/C17H21BrN2O2/c1-16(2,3)22-15(21)20-8-6-17(7-9-20)11-19-14-5-4-12(18)10-13(14)17/h4-5,10-11H,6-9H2,1-3H3. The molecule has 0 unspecified atom stereocenters. The number of aliphatic imine (C=N–C) groups is 1. The number of piperidine rings is 1. The minimum absolute atomic E-state index is 0.0301. The Kier molecular flexibility index (Phi) is 3.79. The molecule has 1 amide bonds. The summed E-state index contributed by atoms with van der Waals surface area (Å²) >= 11 is 3.54. The summed E-state index contributed by atoms with van der Waals surface area (Å²) < 4.78 is 6.54. The Morgan fingerprint density at radius 3 is 2.64 bits per heavy atom. The molecule has 0 bridgehead atoms. The Hall–Kier alpha value is -1.36. The van der Waals surface area contributed by atoms with Crippen molar-refractivity contribution in [3.63, 3.8) is 0 Å². The van der Waals surface area contributed by atoms with Crippen molar-refractivity contribution in [3.05, 3.63) is 28.2 Å². The van der Waals surface area contributed by atoms with Gasteiger partial charge in [0, 0.05) is 29.2 Å². The van der Waals surface area contributed by atoms with E-state index in [0.717, 1.165) is 23.0 Å². The summed E-state index contributed by atoms with van der Waals surface area (Å²) in [5, 5.41) is 0. The number of halogens is 1. The van der Waals surface area contributed by atoms with Crippen molar-refractivity contribution >= 4 is 33.9 Å². The Morgan fingerprint density at radius 2 is 2.00 bits per heavy atom. The largest absolute Gasteiger partial charge is 0.444 e. The van der Waals surface area contributed by atoms with Crippen LogP contribution in [0.1, 0.15) is 39.2 Å². The summed E-state index contributed by atoms with van der Waals surface area (Å²) in [6.07, 6.45) is 3.63. The van der Waals surface area contributed by atoms with Gasteiger partial charge in [-0.25, -0.2) is 4.79 Å². The van der Waals surface area contributed by atoms with E-state index in [4.69, 9.17) is 4.74 Å². The van der Waals surface area contributed by atoms with Crippen LogP contribution >= 0.6 is 15.9 Å². The van der Waals surface area contributed by atoms with E-state index in [1.165, 1.54) is 5.56 Å². The average Bonchev–Trinajstić information content (AvgIpc) is 2.76. The number of carbonyl (C=O) groups excluding carboxylic acids is 1. The third-order valence-corrected chi connectivity index (χ3v) is 4.75. The number of amides is 1. The minimum Gasteiger partial charge on any atom is -0.444 e. The van der Waals surface area contributed by atoms with Gasteiger partial charge < -0.3 is 9.64 Å². The smallest absolute Gasteiger partial charge is 0.410 e. The first-order valence-corrected chi connectivity index (χ1v) is 8.42. The summed E-state index contributed by atoms with van der Waals surface area (Å²) in [6, 6.07) is 6.22. The number of fused-ring (bicyclic) bond motifs is 2. The third kappa shape index (κ3) is 2.91. The Balaban J connectivity index is 1.72. The van der Waals surface area contributed by atoms with Crippen LogP contribution in [0.4, 0.5) is 10.5 Å². The molecule has 1 saturated heterocycles. The van der Waals surface area contributed by atoms with Gasteiger partial charge in [-0.1, -0.05) is 15.9 Å². The van der Waals surface area contributed by atoms with Crippen molar-refractivity contribution in [3.8, 4) is 0 Å². The maximum absolute atomic E-state index is 12.2. The van der Waals surface area contributed by atoms with E-state index in [0.29, 0.717) is 13.1 Å². The lowest BCUT2D eigenvalue weighted by molar-refractivity contribution is 0.0191. The van der Waals surface area contributed by atoms with E-state index < -0.39 is 5.60 Å². The number of benzene rings is 1. The molecule has 2 aliphatic heterocycles. The molecule has 0 aromatic heterocycles. The van der Waals surface area contributed by atoms with Crippen LogP contribution in [0.2, 0.25) is 0 Å². The van der Waals surface area contributed by atoms with Gasteiger partial charge in [0.25, 0.3) is 0 Å². The van der Waals surface area contributed by atoms with E-state index in [9.17, 15) is 4.79 Å². The number of hydrogen-bond acceptors (Lipinski definition) is 3. The lowest BCUT2D eigenvalue weighted by atomic mass is 9.74. The quantitative estimate of drug-likeness (QED) is 0.682. The molecule has 1 aromatic carbocycles. The zero-order valence-electron chi connectivity index (χ0n) is 13.2. The van der Waals surface area contributed by atoms with Crippen molar-refractivity contribution in [1.82, 2.24) is 4.90 Å². The van der Waals surface area contributed by atoms with Gasteiger partial charge in [-0.05, 0) is 57.4 Å². The van der Waals surface area contributed by atoms with Gasteiger partial charge in [-0.3, -0.25) is 4.99 Å². The SMILES string of the molecule is CC(C)(C)OC(=O)N1CCC2(C=Nc3ccc(Br)cc32)CC1. The Bertz CT molecular complexity index is 626. The molecule has 3 rings (SSSR count). The van der Waals surface area contributed by atoms with Gasteiger partial charge in [0.2, 0.25) is 0 Å². The molecular weight excluding hydrogens is 344 g/mol.